The zero-order valence-corrected chi connectivity index (χ0v) is 8.60. The van der Waals surface area contributed by atoms with Crippen molar-refractivity contribution in [3.63, 3.8) is 0 Å². The summed E-state index contributed by atoms with van der Waals surface area (Å²) in [6.45, 7) is 1.70. The average Bonchev–Trinajstić information content (AvgIpc) is 2.65. The number of nitro benzene ring substituents is 1. The van der Waals surface area contributed by atoms with Crippen LogP contribution in [0.5, 0.6) is 0 Å². The van der Waals surface area contributed by atoms with Crippen LogP contribution in [0.2, 0.25) is 0 Å². The lowest BCUT2D eigenvalue weighted by Crippen LogP contribution is -1.92. The molecule has 0 aliphatic carbocycles. The number of nitrogens with two attached hydrogens (primary N) is 1. The lowest BCUT2D eigenvalue weighted by atomic mass is 10.1. The van der Waals surface area contributed by atoms with Crippen molar-refractivity contribution in [1.29, 1.82) is 0 Å². The monoisotopic (exact) mass is 218 g/mol. The van der Waals surface area contributed by atoms with Gasteiger partial charge in [-0.15, -0.1) is 0 Å². The summed E-state index contributed by atoms with van der Waals surface area (Å²) in [5.74, 6) is 0.290. The van der Waals surface area contributed by atoms with Gasteiger partial charge in [-0.3, -0.25) is 10.1 Å². The number of nitro groups is 1. The molecule has 0 bridgehead atoms. The van der Waals surface area contributed by atoms with E-state index in [1.807, 2.05) is 0 Å². The summed E-state index contributed by atoms with van der Waals surface area (Å²) in [6, 6.07) is 4.99. The number of H-pyrrole nitrogens is 1. The van der Waals surface area contributed by atoms with E-state index in [1.54, 1.807) is 25.3 Å². The zero-order valence-electron chi connectivity index (χ0n) is 8.60. The summed E-state index contributed by atoms with van der Waals surface area (Å²) in [6.07, 6.45) is 1.55. The molecule has 2 aromatic rings. The molecule has 0 fully saturated rings. The van der Waals surface area contributed by atoms with Gasteiger partial charge < -0.3 is 10.7 Å². The van der Waals surface area contributed by atoms with Crippen LogP contribution in [-0.4, -0.2) is 14.9 Å². The number of rotatable bonds is 2. The highest BCUT2D eigenvalue weighted by atomic mass is 16.6. The number of nitrogens with one attached hydrogen (secondary N) is 1. The van der Waals surface area contributed by atoms with Crippen molar-refractivity contribution in [2.24, 2.45) is 0 Å². The second-order valence-electron chi connectivity index (χ2n) is 3.44. The molecule has 0 atom stereocenters. The third-order valence-corrected chi connectivity index (χ3v) is 2.31. The van der Waals surface area contributed by atoms with Gasteiger partial charge in [0.2, 0.25) is 0 Å². The molecule has 0 saturated carbocycles. The minimum atomic E-state index is -0.404. The van der Waals surface area contributed by atoms with Gasteiger partial charge in [0, 0.05) is 17.2 Å². The van der Waals surface area contributed by atoms with E-state index in [4.69, 9.17) is 5.73 Å². The predicted octanol–water partition coefficient (Wildman–Crippen LogP) is 1.88. The molecule has 16 heavy (non-hydrogen) atoms. The van der Waals surface area contributed by atoms with Gasteiger partial charge in [-0.2, -0.15) is 0 Å². The third-order valence-electron chi connectivity index (χ3n) is 2.31. The van der Waals surface area contributed by atoms with Gasteiger partial charge in [-0.05, 0) is 6.92 Å². The average molecular weight is 218 g/mol. The SMILES string of the molecule is Cc1ccc(-c2cnc(N)[nH]2)cc1[N+](=O)[O-]. The second-order valence-corrected chi connectivity index (χ2v) is 3.44. The molecule has 2 rings (SSSR count). The van der Waals surface area contributed by atoms with Crippen LogP contribution >= 0.6 is 0 Å². The van der Waals surface area contributed by atoms with Crippen molar-refractivity contribution in [3.8, 4) is 11.3 Å². The summed E-state index contributed by atoms with van der Waals surface area (Å²) in [5, 5.41) is 10.8. The fourth-order valence-electron chi connectivity index (χ4n) is 1.46. The number of hydrogen-bond acceptors (Lipinski definition) is 4. The smallest absolute Gasteiger partial charge is 0.272 e. The number of hydrogen-bond donors (Lipinski definition) is 2. The van der Waals surface area contributed by atoms with Crippen molar-refractivity contribution in [3.05, 3.63) is 40.1 Å². The van der Waals surface area contributed by atoms with Gasteiger partial charge in [0.1, 0.15) is 0 Å². The van der Waals surface area contributed by atoms with Gasteiger partial charge in [0.05, 0.1) is 16.8 Å². The molecule has 6 nitrogen and oxygen atoms in total. The Morgan fingerprint density at radius 1 is 1.50 bits per heavy atom. The summed E-state index contributed by atoms with van der Waals surface area (Å²) >= 11 is 0. The van der Waals surface area contributed by atoms with Crippen LogP contribution in [0.3, 0.4) is 0 Å². The van der Waals surface area contributed by atoms with Crippen molar-refractivity contribution in [2.75, 3.05) is 5.73 Å². The number of aromatic nitrogens is 2. The van der Waals surface area contributed by atoms with Crippen LogP contribution in [0.15, 0.2) is 24.4 Å². The lowest BCUT2D eigenvalue weighted by Gasteiger charge is -2.00. The quantitative estimate of drug-likeness (QED) is 0.593. The van der Waals surface area contributed by atoms with Crippen LogP contribution in [0.1, 0.15) is 5.56 Å². The van der Waals surface area contributed by atoms with Crippen molar-refractivity contribution >= 4 is 11.6 Å². The van der Waals surface area contributed by atoms with E-state index in [2.05, 4.69) is 9.97 Å². The fourth-order valence-corrected chi connectivity index (χ4v) is 1.46. The number of aromatic amines is 1. The van der Waals surface area contributed by atoms with E-state index in [0.29, 0.717) is 22.8 Å². The third kappa shape index (κ3) is 1.72. The van der Waals surface area contributed by atoms with Crippen LogP contribution in [0.25, 0.3) is 11.3 Å². The van der Waals surface area contributed by atoms with E-state index in [1.165, 1.54) is 6.07 Å². The van der Waals surface area contributed by atoms with E-state index in [9.17, 15) is 10.1 Å². The molecular weight excluding hydrogens is 208 g/mol. The minimum absolute atomic E-state index is 0.0886. The summed E-state index contributed by atoms with van der Waals surface area (Å²) in [4.78, 5) is 17.0. The van der Waals surface area contributed by atoms with Crippen molar-refractivity contribution in [2.45, 2.75) is 6.92 Å². The molecular formula is C10H10N4O2. The van der Waals surface area contributed by atoms with E-state index < -0.39 is 4.92 Å². The maximum absolute atomic E-state index is 10.8. The number of anilines is 1. The molecule has 0 saturated heterocycles. The zero-order chi connectivity index (χ0) is 11.7. The van der Waals surface area contributed by atoms with Crippen LogP contribution in [0, 0.1) is 17.0 Å². The molecule has 1 heterocycles. The molecule has 3 N–H and O–H groups in total. The van der Waals surface area contributed by atoms with Gasteiger partial charge in [-0.25, -0.2) is 4.98 Å². The summed E-state index contributed by atoms with van der Waals surface area (Å²) in [7, 11) is 0. The number of benzene rings is 1. The molecule has 82 valence electrons. The van der Waals surface area contributed by atoms with Gasteiger partial charge in [0.25, 0.3) is 5.69 Å². The first kappa shape index (κ1) is 10.2. The first-order chi connectivity index (χ1) is 7.58. The van der Waals surface area contributed by atoms with Crippen molar-refractivity contribution in [1.82, 2.24) is 9.97 Å². The van der Waals surface area contributed by atoms with Gasteiger partial charge in [-0.1, -0.05) is 12.1 Å². The number of imidazole rings is 1. The topological polar surface area (TPSA) is 97.8 Å². The van der Waals surface area contributed by atoms with Crippen LogP contribution in [0.4, 0.5) is 11.6 Å². The first-order valence-corrected chi connectivity index (χ1v) is 4.64. The van der Waals surface area contributed by atoms with E-state index in [0.717, 1.165) is 0 Å². The van der Waals surface area contributed by atoms with E-state index in [-0.39, 0.29) is 5.69 Å². The Kier molecular flexibility index (Phi) is 2.32. The summed E-state index contributed by atoms with van der Waals surface area (Å²) in [5.41, 5.74) is 7.52. The molecule has 1 aromatic heterocycles. The molecule has 0 radical (unpaired) electrons. The number of aryl methyl sites for hydroxylation is 1. The predicted molar refractivity (Wildman–Crippen MR) is 59.8 cm³/mol. The first-order valence-electron chi connectivity index (χ1n) is 4.64. The number of nitrogens with zero attached hydrogens (tertiary/aromatic N) is 2. The minimum Gasteiger partial charge on any atom is -0.369 e. The molecule has 0 amide bonds. The Morgan fingerprint density at radius 2 is 2.25 bits per heavy atom. The fraction of sp³-hybridized carbons (Fsp3) is 0.100. The standard InChI is InChI=1S/C10H10N4O2/c1-6-2-3-7(4-9(6)14(15)16)8-5-12-10(11)13-8/h2-5H,1H3,(H3,11,12,13). The molecule has 6 heteroatoms. The molecule has 0 spiro atoms. The maximum Gasteiger partial charge on any atom is 0.272 e. The Morgan fingerprint density at radius 3 is 2.81 bits per heavy atom. The maximum atomic E-state index is 10.8. The molecule has 1 aromatic carbocycles. The Hall–Kier alpha value is -2.37. The molecule has 0 unspecified atom stereocenters. The Bertz CT molecular complexity index is 548. The molecule has 0 aliphatic rings. The van der Waals surface area contributed by atoms with Crippen LogP contribution in [-0.2, 0) is 0 Å². The van der Waals surface area contributed by atoms with Crippen LogP contribution < -0.4 is 5.73 Å². The Labute approximate surface area is 91.3 Å². The van der Waals surface area contributed by atoms with Gasteiger partial charge in [0.15, 0.2) is 5.95 Å². The summed E-state index contributed by atoms with van der Waals surface area (Å²) < 4.78 is 0. The highest BCUT2D eigenvalue weighted by Crippen LogP contribution is 2.25. The van der Waals surface area contributed by atoms with Crippen molar-refractivity contribution < 1.29 is 4.92 Å². The number of nitrogen functional groups attached to an aromatic ring is 1. The normalized spacial score (nSPS) is 10.3. The molecule has 0 aliphatic heterocycles. The Balaban J connectivity index is 2.51. The second kappa shape index (κ2) is 3.65. The van der Waals surface area contributed by atoms with E-state index >= 15 is 0 Å². The lowest BCUT2D eigenvalue weighted by molar-refractivity contribution is -0.385. The highest BCUT2D eigenvalue weighted by Gasteiger charge is 2.12. The highest BCUT2D eigenvalue weighted by molar-refractivity contribution is 5.64. The largest absolute Gasteiger partial charge is 0.369 e. The van der Waals surface area contributed by atoms with Gasteiger partial charge >= 0.3 is 0 Å².